The topological polar surface area (TPSA) is 29.4 Å². The first-order valence-electron chi connectivity index (χ1n) is 3.28. The minimum atomic E-state index is 0.296. The van der Waals surface area contributed by atoms with Gasteiger partial charge in [-0.15, -0.1) is 0 Å². The molecule has 1 saturated carbocycles. The van der Waals surface area contributed by atoms with Gasteiger partial charge in [0.2, 0.25) is 0 Å². The summed E-state index contributed by atoms with van der Waals surface area (Å²) in [7, 11) is 0. The van der Waals surface area contributed by atoms with Crippen LogP contribution in [0.5, 0.6) is 0 Å². The van der Waals surface area contributed by atoms with Crippen LogP contribution in [0.1, 0.15) is 25.7 Å². The van der Waals surface area contributed by atoms with Gasteiger partial charge in [0.1, 0.15) is 0 Å². The molecule has 0 aliphatic heterocycles. The molecule has 0 bridgehead atoms. The van der Waals surface area contributed by atoms with Crippen molar-refractivity contribution in [3.05, 3.63) is 4.91 Å². The molecule has 1 rings (SSSR count). The number of nitroso groups, excluding NO2 is 1. The van der Waals surface area contributed by atoms with Crippen molar-refractivity contribution in [2.45, 2.75) is 30.4 Å². The first-order valence-corrected chi connectivity index (χ1v) is 3.73. The smallest absolute Gasteiger partial charge is 0.0811 e. The van der Waals surface area contributed by atoms with Crippen molar-refractivity contribution in [1.29, 1.82) is 0 Å². The molecule has 0 N–H and O–H groups in total. The van der Waals surface area contributed by atoms with Gasteiger partial charge in [-0.05, 0) is 25.7 Å². The van der Waals surface area contributed by atoms with Gasteiger partial charge in [-0.25, -0.2) is 0 Å². The van der Waals surface area contributed by atoms with Gasteiger partial charge >= 0.3 is 0 Å². The summed E-state index contributed by atoms with van der Waals surface area (Å²) in [6, 6.07) is 0. The van der Waals surface area contributed by atoms with Gasteiger partial charge in [-0.2, -0.15) is 17.5 Å². The predicted molar refractivity (Wildman–Crippen MR) is 40.8 cm³/mol. The van der Waals surface area contributed by atoms with Crippen molar-refractivity contribution in [2.24, 2.45) is 5.18 Å². The first-order chi connectivity index (χ1) is 4.27. The average molecular weight is 145 g/mol. The Labute approximate surface area is 60.4 Å². The Kier molecular flexibility index (Phi) is 2.11. The highest BCUT2D eigenvalue weighted by molar-refractivity contribution is 7.82. The van der Waals surface area contributed by atoms with Crippen LogP contribution in [-0.4, -0.2) is 11.3 Å². The summed E-state index contributed by atoms with van der Waals surface area (Å²) < 4.78 is 0.296. The number of hydrogen-bond donors (Lipinski definition) is 1. The molecule has 0 spiro atoms. The lowest BCUT2D eigenvalue weighted by Crippen LogP contribution is -1.97. The van der Waals surface area contributed by atoms with E-state index in [2.05, 4.69) is 17.8 Å². The van der Waals surface area contributed by atoms with Gasteiger partial charge in [0.15, 0.2) is 0 Å². The fourth-order valence-corrected chi connectivity index (χ4v) is 1.14. The Hall–Kier alpha value is -0.0500. The van der Waals surface area contributed by atoms with Crippen LogP contribution < -0.4 is 0 Å². The van der Waals surface area contributed by atoms with Crippen LogP contribution in [0, 0.1) is 4.91 Å². The summed E-state index contributed by atoms with van der Waals surface area (Å²) >= 11 is 4.39. The van der Waals surface area contributed by atoms with Crippen LogP contribution in [0.2, 0.25) is 0 Å². The average Bonchev–Trinajstić information content (AvgIpc) is 2.50. The summed E-state index contributed by atoms with van der Waals surface area (Å²) in [6.07, 6.45) is 4.40. The molecule has 9 heavy (non-hydrogen) atoms. The van der Waals surface area contributed by atoms with Gasteiger partial charge < -0.3 is 0 Å². The molecular formula is C6H11NOS. The molecule has 3 heteroatoms. The monoisotopic (exact) mass is 145 g/mol. The fourth-order valence-electron chi connectivity index (χ4n) is 0.867. The molecule has 0 heterocycles. The summed E-state index contributed by atoms with van der Waals surface area (Å²) in [5, 5.41) is 2.78. The maximum Gasteiger partial charge on any atom is 0.0811 e. The molecule has 0 aromatic rings. The summed E-state index contributed by atoms with van der Waals surface area (Å²) in [6.45, 7) is 0.461. The molecule has 0 unspecified atom stereocenters. The lowest BCUT2D eigenvalue weighted by atomic mass is 10.2. The van der Waals surface area contributed by atoms with E-state index in [0.717, 1.165) is 12.8 Å². The molecule has 1 aliphatic carbocycles. The summed E-state index contributed by atoms with van der Waals surface area (Å²) in [5.74, 6) is 0. The lowest BCUT2D eigenvalue weighted by Gasteiger charge is -2.02. The van der Waals surface area contributed by atoms with Crippen LogP contribution in [0.25, 0.3) is 0 Å². The highest BCUT2D eigenvalue weighted by Gasteiger charge is 2.37. The van der Waals surface area contributed by atoms with Crippen LogP contribution in [0.15, 0.2) is 5.18 Å². The second-order valence-electron chi connectivity index (χ2n) is 2.68. The van der Waals surface area contributed by atoms with Crippen molar-refractivity contribution in [3.8, 4) is 0 Å². The molecule has 0 atom stereocenters. The Balaban J connectivity index is 1.98. The second-order valence-corrected chi connectivity index (χ2v) is 3.63. The Morgan fingerprint density at radius 3 is 2.67 bits per heavy atom. The van der Waals surface area contributed by atoms with Crippen LogP contribution >= 0.6 is 12.6 Å². The molecule has 0 radical (unpaired) electrons. The second kappa shape index (κ2) is 2.69. The number of thiol groups is 1. The maximum atomic E-state index is 9.64. The van der Waals surface area contributed by atoms with Gasteiger partial charge in [-0.3, -0.25) is 0 Å². The van der Waals surface area contributed by atoms with Crippen molar-refractivity contribution in [2.75, 3.05) is 6.54 Å². The standard InChI is InChI=1S/C6H11NOS/c8-7-5-1-2-6(9)3-4-6/h9H,1-5H2. The summed E-state index contributed by atoms with van der Waals surface area (Å²) in [4.78, 5) is 9.64. The van der Waals surface area contributed by atoms with Gasteiger partial charge in [0.25, 0.3) is 0 Å². The highest BCUT2D eigenvalue weighted by atomic mass is 32.1. The quantitative estimate of drug-likeness (QED) is 0.366. The largest absolute Gasteiger partial charge is 0.172 e. The Bertz CT molecular complexity index is 112. The van der Waals surface area contributed by atoms with E-state index in [9.17, 15) is 4.91 Å². The van der Waals surface area contributed by atoms with E-state index in [1.807, 2.05) is 0 Å². The molecule has 0 saturated heterocycles. The van der Waals surface area contributed by atoms with E-state index in [0.29, 0.717) is 11.3 Å². The van der Waals surface area contributed by atoms with E-state index in [4.69, 9.17) is 0 Å². The van der Waals surface area contributed by atoms with Crippen molar-refractivity contribution in [3.63, 3.8) is 0 Å². The Morgan fingerprint density at radius 1 is 1.56 bits per heavy atom. The van der Waals surface area contributed by atoms with E-state index >= 15 is 0 Å². The molecular weight excluding hydrogens is 134 g/mol. The molecule has 52 valence electrons. The normalized spacial score (nSPS) is 21.4. The zero-order chi connectivity index (χ0) is 6.74. The molecule has 1 fully saturated rings. The maximum absolute atomic E-state index is 9.64. The van der Waals surface area contributed by atoms with E-state index in [1.165, 1.54) is 12.8 Å². The number of rotatable bonds is 4. The predicted octanol–water partition coefficient (Wildman–Crippen LogP) is 2.00. The molecule has 1 aliphatic rings. The molecule has 0 aromatic heterocycles. The van der Waals surface area contributed by atoms with Crippen LogP contribution in [0.4, 0.5) is 0 Å². The van der Waals surface area contributed by atoms with E-state index in [1.54, 1.807) is 0 Å². The molecule has 0 amide bonds. The highest BCUT2D eigenvalue weighted by Crippen LogP contribution is 2.45. The lowest BCUT2D eigenvalue weighted by molar-refractivity contribution is 0.711. The zero-order valence-electron chi connectivity index (χ0n) is 5.34. The third kappa shape index (κ3) is 2.35. The fraction of sp³-hybridized carbons (Fsp3) is 1.00. The number of hydrogen-bond acceptors (Lipinski definition) is 3. The minimum absolute atomic E-state index is 0.296. The van der Waals surface area contributed by atoms with Gasteiger partial charge in [0, 0.05) is 4.75 Å². The molecule has 0 aromatic carbocycles. The zero-order valence-corrected chi connectivity index (χ0v) is 6.23. The Morgan fingerprint density at radius 2 is 2.22 bits per heavy atom. The van der Waals surface area contributed by atoms with Crippen molar-refractivity contribution in [1.82, 2.24) is 0 Å². The third-order valence-corrected chi connectivity index (χ3v) is 2.39. The van der Waals surface area contributed by atoms with Gasteiger partial charge in [-0.1, -0.05) is 5.18 Å². The minimum Gasteiger partial charge on any atom is -0.172 e. The van der Waals surface area contributed by atoms with Crippen LogP contribution in [0.3, 0.4) is 0 Å². The third-order valence-electron chi connectivity index (χ3n) is 1.72. The number of nitrogens with zero attached hydrogens (tertiary/aromatic N) is 1. The summed E-state index contributed by atoms with van der Waals surface area (Å²) in [5.41, 5.74) is 0. The SMILES string of the molecule is O=NCCCC1(S)CC1. The van der Waals surface area contributed by atoms with Crippen LogP contribution in [-0.2, 0) is 0 Å². The van der Waals surface area contributed by atoms with E-state index in [-0.39, 0.29) is 0 Å². The molecule has 2 nitrogen and oxygen atoms in total. The van der Waals surface area contributed by atoms with Crippen molar-refractivity contribution >= 4 is 12.6 Å². The van der Waals surface area contributed by atoms with E-state index < -0.39 is 0 Å². The van der Waals surface area contributed by atoms with Crippen molar-refractivity contribution < 1.29 is 0 Å². The first kappa shape index (κ1) is 7.06. The van der Waals surface area contributed by atoms with Gasteiger partial charge in [0.05, 0.1) is 6.54 Å².